The molecule has 5 nitrogen and oxygen atoms in total. The molecule has 1 saturated heterocycles. The van der Waals surface area contributed by atoms with Crippen molar-refractivity contribution in [2.75, 3.05) is 24.6 Å². The molecule has 0 spiro atoms. The van der Waals surface area contributed by atoms with Crippen LogP contribution in [-0.2, 0) is 4.79 Å². The molecule has 0 radical (unpaired) electrons. The highest BCUT2D eigenvalue weighted by molar-refractivity contribution is 7.22. The van der Waals surface area contributed by atoms with Gasteiger partial charge in [-0.05, 0) is 56.2 Å². The molecule has 1 aliphatic heterocycles. The van der Waals surface area contributed by atoms with Gasteiger partial charge in [0.15, 0.2) is 5.13 Å². The Bertz CT molecular complexity index is 852. The minimum atomic E-state index is 0.0548. The van der Waals surface area contributed by atoms with Crippen molar-refractivity contribution in [3.05, 3.63) is 18.2 Å². The summed E-state index contributed by atoms with van der Waals surface area (Å²) in [7, 11) is 0. The van der Waals surface area contributed by atoms with E-state index in [1.54, 1.807) is 11.3 Å². The fraction of sp³-hybridized carbons (Fsp3) is 0.652. The summed E-state index contributed by atoms with van der Waals surface area (Å²) in [6, 6.07) is 6.41. The Balaban J connectivity index is 1.42. The first-order valence-corrected chi connectivity index (χ1v) is 12.0. The van der Waals surface area contributed by atoms with E-state index in [0.717, 1.165) is 53.4 Å². The van der Waals surface area contributed by atoms with Crippen molar-refractivity contribution in [3.8, 4) is 5.75 Å². The molecule has 1 aliphatic carbocycles. The first-order chi connectivity index (χ1) is 14.0. The first-order valence-electron chi connectivity index (χ1n) is 11.1. The normalized spacial score (nSPS) is 27.8. The number of fused-ring (bicyclic) bond motifs is 1. The van der Waals surface area contributed by atoms with Gasteiger partial charge in [-0.3, -0.25) is 4.79 Å². The molecule has 6 heteroatoms. The second-order valence-corrected chi connectivity index (χ2v) is 9.74. The number of rotatable bonds is 5. The maximum atomic E-state index is 13.0. The molecule has 0 bridgehead atoms. The fourth-order valence-electron chi connectivity index (χ4n) is 4.74. The van der Waals surface area contributed by atoms with Crippen molar-refractivity contribution in [2.45, 2.75) is 58.9 Å². The average molecular weight is 416 g/mol. The summed E-state index contributed by atoms with van der Waals surface area (Å²) in [5.74, 6) is 2.44. The number of nitrogens with zero attached hydrogens (tertiary/aromatic N) is 2. The number of thiazole rings is 1. The Labute approximate surface area is 177 Å². The third-order valence-corrected chi connectivity index (χ3v) is 7.84. The number of anilines is 1. The van der Waals surface area contributed by atoms with Gasteiger partial charge in [-0.25, -0.2) is 4.98 Å². The molecule has 1 N–H and O–H groups in total. The van der Waals surface area contributed by atoms with Crippen molar-refractivity contribution in [3.63, 3.8) is 0 Å². The number of carbonyl (C=O) groups excluding carboxylic acids is 1. The molecular formula is C23H33N3O2S. The first kappa shape index (κ1) is 20.5. The molecule has 2 aliphatic rings. The predicted molar refractivity (Wildman–Crippen MR) is 120 cm³/mol. The minimum absolute atomic E-state index is 0.0548. The number of piperidine rings is 1. The van der Waals surface area contributed by atoms with Crippen LogP contribution in [0.5, 0.6) is 5.75 Å². The number of amides is 1. The zero-order chi connectivity index (χ0) is 20.4. The molecular weight excluding hydrogens is 382 g/mol. The largest absolute Gasteiger partial charge is 0.494 e. The number of carbonyl (C=O) groups is 1. The van der Waals surface area contributed by atoms with E-state index in [1.165, 1.54) is 12.8 Å². The highest BCUT2D eigenvalue weighted by atomic mass is 32.1. The van der Waals surface area contributed by atoms with Crippen LogP contribution in [0.15, 0.2) is 18.2 Å². The molecule has 29 heavy (non-hydrogen) atoms. The van der Waals surface area contributed by atoms with E-state index in [4.69, 9.17) is 9.72 Å². The topological polar surface area (TPSA) is 54.5 Å². The van der Waals surface area contributed by atoms with Gasteiger partial charge in [0.2, 0.25) is 5.91 Å². The highest BCUT2D eigenvalue weighted by Gasteiger charge is 2.32. The van der Waals surface area contributed by atoms with Gasteiger partial charge in [-0.2, -0.15) is 0 Å². The van der Waals surface area contributed by atoms with E-state index in [0.29, 0.717) is 24.5 Å². The van der Waals surface area contributed by atoms with Crippen LogP contribution >= 0.6 is 11.3 Å². The van der Waals surface area contributed by atoms with Crippen LogP contribution in [0.3, 0.4) is 0 Å². The van der Waals surface area contributed by atoms with Gasteiger partial charge in [0.1, 0.15) is 5.75 Å². The van der Waals surface area contributed by atoms with Crippen LogP contribution in [0.2, 0.25) is 0 Å². The van der Waals surface area contributed by atoms with Crippen molar-refractivity contribution in [2.24, 2.45) is 17.8 Å². The fourth-order valence-corrected chi connectivity index (χ4v) is 5.76. The molecule has 1 aromatic carbocycles. The van der Waals surface area contributed by atoms with Gasteiger partial charge >= 0.3 is 0 Å². The number of benzene rings is 1. The lowest BCUT2D eigenvalue weighted by molar-refractivity contribution is -0.126. The number of hydrogen-bond donors (Lipinski definition) is 1. The monoisotopic (exact) mass is 415 g/mol. The zero-order valence-corrected chi connectivity index (χ0v) is 18.6. The minimum Gasteiger partial charge on any atom is -0.494 e. The van der Waals surface area contributed by atoms with Crippen LogP contribution in [-0.4, -0.2) is 36.6 Å². The summed E-state index contributed by atoms with van der Waals surface area (Å²) in [5, 5.41) is 4.41. The van der Waals surface area contributed by atoms with Gasteiger partial charge in [0.05, 0.1) is 22.7 Å². The molecule has 2 fully saturated rings. The molecule has 4 rings (SSSR count). The molecule has 1 amide bonds. The van der Waals surface area contributed by atoms with Gasteiger partial charge in [-0.15, -0.1) is 0 Å². The van der Waals surface area contributed by atoms with E-state index in [2.05, 4.69) is 30.1 Å². The number of hydrogen-bond acceptors (Lipinski definition) is 5. The Kier molecular flexibility index (Phi) is 6.28. The van der Waals surface area contributed by atoms with Crippen molar-refractivity contribution in [1.82, 2.24) is 10.3 Å². The smallest absolute Gasteiger partial charge is 0.225 e. The van der Waals surface area contributed by atoms with Crippen LogP contribution in [0.1, 0.15) is 52.9 Å². The number of ether oxygens (including phenoxy) is 1. The third-order valence-electron chi connectivity index (χ3n) is 6.76. The predicted octanol–water partition coefficient (Wildman–Crippen LogP) is 4.85. The molecule has 158 valence electrons. The van der Waals surface area contributed by atoms with Crippen LogP contribution in [0, 0.1) is 17.8 Å². The van der Waals surface area contributed by atoms with Gasteiger partial charge in [0, 0.05) is 19.1 Å². The van der Waals surface area contributed by atoms with E-state index >= 15 is 0 Å². The SMILES string of the molecule is CCOc1ccc2nc(N3CCC[C@H](C(=O)N[C@@H]4CCC[C@H](C)[C@H]4C)C3)sc2c1. The third kappa shape index (κ3) is 4.52. The van der Waals surface area contributed by atoms with Crippen LogP contribution < -0.4 is 15.0 Å². The lowest BCUT2D eigenvalue weighted by atomic mass is 9.78. The summed E-state index contributed by atoms with van der Waals surface area (Å²) in [4.78, 5) is 20.1. The van der Waals surface area contributed by atoms with E-state index in [1.807, 2.05) is 19.1 Å². The van der Waals surface area contributed by atoms with Gasteiger partial charge in [0.25, 0.3) is 0 Å². The quantitative estimate of drug-likeness (QED) is 0.758. The van der Waals surface area contributed by atoms with Crippen molar-refractivity contribution >= 4 is 32.6 Å². The average Bonchev–Trinajstić information content (AvgIpc) is 3.15. The molecule has 1 saturated carbocycles. The summed E-state index contributed by atoms with van der Waals surface area (Å²) >= 11 is 1.70. The maximum absolute atomic E-state index is 13.0. The Morgan fingerprint density at radius 2 is 2.14 bits per heavy atom. The summed E-state index contributed by atoms with van der Waals surface area (Å²) < 4.78 is 6.76. The second kappa shape index (κ2) is 8.90. The molecule has 4 atom stereocenters. The molecule has 0 unspecified atom stereocenters. The van der Waals surface area contributed by atoms with Crippen LogP contribution in [0.25, 0.3) is 10.2 Å². The maximum Gasteiger partial charge on any atom is 0.225 e. The van der Waals surface area contributed by atoms with Gasteiger partial charge in [-0.1, -0.05) is 38.0 Å². The summed E-state index contributed by atoms with van der Waals surface area (Å²) in [6.45, 7) is 9.00. The standard InChI is InChI=1S/C23H33N3O2S/c1-4-28-18-10-11-20-21(13-18)29-23(25-20)26-12-6-8-17(14-26)22(27)24-19-9-5-7-15(2)16(19)3/h10-11,13,15-17,19H,4-9,12,14H2,1-3H3,(H,24,27)/t15-,16+,17-,19+/m0/s1. The second-order valence-electron chi connectivity index (χ2n) is 8.73. The Hall–Kier alpha value is -1.82. The zero-order valence-electron chi connectivity index (χ0n) is 17.8. The Morgan fingerprint density at radius 1 is 1.28 bits per heavy atom. The van der Waals surface area contributed by atoms with Gasteiger partial charge < -0.3 is 15.0 Å². The van der Waals surface area contributed by atoms with Crippen LogP contribution in [0.4, 0.5) is 5.13 Å². The van der Waals surface area contributed by atoms with E-state index in [-0.39, 0.29) is 11.8 Å². The highest BCUT2D eigenvalue weighted by Crippen LogP contribution is 2.34. The summed E-state index contributed by atoms with van der Waals surface area (Å²) in [5.41, 5.74) is 1.00. The number of aromatic nitrogens is 1. The van der Waals surface area contributed by atoms with E-state index < -0.39 is 0 Å². The summed E-state index contributed by atoms with van der Waals surface area (Å²) in [6.07, 6.45) is 5.64. The molecule has 2 aromatic rings. The molecule has 2 heterocycles. The van der Waals surface area contributed by atoms with Crippen molar-refractivity contribution in [1.29, 1.82) is 0 Å². The van der Waals surface area contributed by atoms with E-state index in [9.17, 15) is 4.79 Å². The van der Waals surface area contributed by atoms with Crippen molar-refractivity contribution < 1.29 is 9.53 Å². The lowest BCUT2D eigenvalue weighted by Crippen LogP contribution is -2.49. The Morgan fingerprint density at radius 3 is 2.97 bits per heavy atom. The lowest BCUT2D eigenvalue weighted by Gasteiger charge is -2.37. The molecule has 1 aromatic heterocycles. The number of nitrogens with one attached hydrogen (secondary N) is 1.